The Bertz CT molecular complexity index is 801. The summed E-state index contributed by atoms with van der Waals surface area (Å²) in [7, 11) is -1.98. The average Bonchev–Trinajstić information content (AvgIpc) is 3.01. The molecule has 0 fully saturated rings. The molecule has 0 aliphatic carbocycles. The van der Waals surface area contributed by atoms with E-state index in [-0.39, 0.29) is 24.6 Å². The molecule has 0 spiro atoms. The highest BCUT2D eigenvalue weighted by Gasteiger charge is 2.10. The summed E-state index contributed by atoms with van der Waals surface area (Å²) in [5, 5.41) is 5.15. The van der Waals surface area contributed by atoms with Crippen molar-refractivity contribution in [2.24, 2.45) is 0 Å². The maximum absolute atomic E-state index is 11.8. The van der Waals surface area contributed by atoms with E-state index in [4.69, 9.17) is 4.74 Å². The number of hydrogen-bond acceptors (Lipinski definition) is 6. The van der Waals surface area contributed by atoms with Gasteiger partial charge in [-0.25, -0.2) is 18.1 Å². The third-order valence-corrected chi connectivity index (χ3v) is 5.56. The highest BCUT2D eigenvalue weighted by atomic mass is 32.2. The molecule has 0 atom stereocenters. The van der Waals surface area contributed by atoms with E-state index in [9.17, 15) is 13.2 Å². The minimum atomic E-state index is -3.32. The predicted molar refractivity (Wildman–Crippen MR) is 97.2 cm³/mol. The van der Waals surface area contributed by atoms with Crippen LogP contribution < -0.4 is 14.8 Å². The Balaban J connectivity index is 1.76. The fourth-order valence-electron chi connectivity index (χ4n) is 1.93. The molecule has 136 valence electrons. The second kappa shape index (κ2) is 8.93. The first-order valence-electron chi connectivity index (χ1n) is 7.68. The second-order valence-corrected chi connectivity index (χ2v) is 8.37. The summed E-state index contributed by atoms with van der Waals surface area (Å²) in [6.45, 7) is 2.42. The van der Waals surface area contributed by atoms with Gasteiger partial charge in [-0.05, 0) is 26.1 Å². The number of thiazole rings is 1. The van der Waals surface area contributed by atoms with E-state index in [1.165, 1.54) is 18.4 Å². The summed E-state index contributed by atoms with van der Waals surface area (Å²) in [5.74, 6) is 0.357. The standard InChI is InChI=1S/C16H21N3O4S2/c1-12-3-5-14(6-4-12)23-10-16-19-13(11-24-16)9-15(20)18-7-8-25(21,22)17-2/h3-6,11,17H,7-10H2,1-2H3,(H,18,20). The quantitative estimate of drug-likeness (QED) is 0.679. The number of ether oxygens (including phenoxy) is 1. The first-order valence-corrected chi connectivity index (χ1v) is 10.2. The number of sulfonamides is 1. The number of amides is 1. The van der Waals surface area contributed by atoms with Gasteiger partial charge >= 0.3 is 0 Å². The van der Waals surface area contributed by atoms with Crippen molar-refractivity contribution in [2.75, 3.05) is 19.3 Å². The molecule has 25 heavy (non-hydrogen) atoms. The first-order chi connectivity index (χ1) is 11.9. The molecular weight excluding hydrogens is 362 g/mol. The number of carbonyl (C=O) groups is 1. The van der Waals surface area contributed by atoms with Crippen LogP contribution in [0.1, 0.15) is 16.3 Å². The number of nitrogens with zero attached hydrogens (tertiary/aromatic N) is 1. The Hall–Kier alpha value is -1.97. The van der Waals surface area contributed by atoms with E-state index in [0.29, 0.717) is 12.3 Å². The number of rotatable bonds is 9. The first kappa shape index (κ1) is 19.4. The lowest BCUT2D eigenvalue weighted by Crippen LogP contribution is -2.33. The van der Waals surface area contributed by atoms with Gasteiger partial charge in [-0.1, -0.05) is 17.7 Å². The highest BCUT2D eigenvalue weighted by Crippen LogP contribution is 2.16. The van der Waals surface area contributed by atoms with Crippen LogP contribution in [0.4, 0.5) is 0 Å². The molecule has 9 heteroatoms. The Labute approximate surface area is 151 Å². The molecule has 0 aliphatic heterocycles. The van der Waals surface area contributed by atoms with E-state index in [0.717, 1.165) is 16.3 Å². The van der Waals surface area contributed by atoms with Crippen molar-refractivity contribution in [3.8, 4) is 5.75 Å². The van der Waals surface area contributed by atoms with Crippen LogP contribution in [0.5, 0.6) is 5.75 Å². The number of carbonyl (C=O) groups excluding carboxylic acids is 1. The van der Waals surface area contributed by atoms with Gasteiger partial charge in [0.1, 0.15) is 17.4 Å². The zero-order chi connectivity index (χ0) is 18.3. The maximum atomic E-state index is 11.8. The van der Waals surface area contributed by atoms with Gasteiger partial charge in [0.05, 0.1) is 17.9 Å². The van der Waals surface area contributed by atoms with E-state index in [2.05, 4.69) is 15.0 Å². The Morgan fingerprint density at radius 3 is 2.68 bits per heavy atom. The van der Waals surface area contributed by atoms with Crippen molar-refractivity contribution < 1.29 is 17.9 Å². The molecule has 2 aromatic rings. The van der Waals surface area contributed by atoms with Crippen LogP contribution >= 0.6 is 11.3 Å². The van der Waals surface area contributed by atoms with Crippen molar-refractivity contribution in [1.29, 1.82) is 0 Å². The van der Waals surface area contributed by atoms with Gasteiger partial charge in [0, 0.05) is 11.9 Å². The van der Waals surface area contributed by atoms with Crippen molar-refractivity contribution in [2.45, 2.75) is 20.0 Å². The third kappa shape index (κ3) is 6.81. The molecule has 1 aromatic carbocycles. The molecule has 1 aromatic heterocycles. The van der Waals surface area contributed by atoms with Crippen molar-refractivity contribution in [3.05, 3.63) is 45.9 Å². The topological polar surface area (TPSA) is 97.4 Å². The van der Waals surface area contributed by atoms with Crippen molar-refractivity contribution >= 4 is 27.3 Å². The molecule has 0 saturated heterocycles. The monoisotopic (exact) mass is 383 g/mol. The molecule has 2 rings (SSSR count). The van der Waals surface area contributed by atoms with Crippen LogP contribution in [0.25, 0.3) is 0 Å². The summed E-state index contributed by atoms with van der Waals surface area (Å²) in [6.07, 6.45) is 0.112. The third-order valence-electron chi connectivity index (χ3n) is 3.33. The van der Waals surface area contributed by atoms with Crippen LogP contribution in [0.15, 0.2) is 29.6 Å². The zero-order valence-electron chi connectivity index (χ0n) is 14.1. The number of hydrogen-bond donors (Lipinski definition) is 2. The number of aromatic nitrogens is 1. The summed E-state index contributed by atoms with van der Waals surface area (Å²) in [4.78, 5) is 16.2. The van der Waals surface area contributed by atoms with Gasteiger partial charge in [0.15, 0.2) is 0 Å². The van der Waals surface area contributed by atoms with E-state index < -0.39 is 10.0 Å². The molecular formula is C16H21N3O4S2. The van der Waals surface area contributed by atoms with Gasteiger partial charge < -0.3 is 10.1 Å². The minimum Gasteiger partial charge on any atom is -0.486 e. The van der Waals surface area contributed by atoms with Crippen molar-refractivity contribution in [1.82, 2.24) is 15.0 Å². The zero-order valence-corrected chi connectivity index (χ0v) is 15.7. The van der Waals surface area contributed by atoms with Crippen LogP contribution in [-0.2, 0) is 27.8 Å². The van der Waals surface area contributed by atoms with Gasteiger partial charge in [0.2, 0.25) is 15.9 Å². The molecule has 0 radical (unpaired) electrons. The summed E-state index contributed by atoms with van der Waals surface area (Å²) in [5.41, 5.74) is 1.80. The maximum Gasteiger partial charge on any atom is 0.226 e. The molecule has 0 unspecified atom stereocenters. The van der Waals surface area contributed by atoms with Gasteiger partial charge in [0.25, 0.3) is 0 Å². The molecule has 0 saturated carbocycles. The van der Waals surface area contributed by atoms with Gasteiger partial charge in [-0.15, -0.1) is 11.3 Å². The SMILES string of the molecule is CNS(=O)(=O)CCNC(=O)Cc1csc(COc2ccc(C)cc2)n1. The molecule has 1 amide bonds. The largest absolute Gasteiger partial charge is 0.486 e. The van der Waals surface area contributed by atoms with Crippen LogP contribution in [0, 0.1) is 6.92 Å². The number of aryl methyl sites for hydroxylation is 1. The lowest BCUT2D eigenvalue weighted by molar-refractivity contribution is -0.120. The molecule has 0 bridgehead atoms. The van der Waals surface area contributed by atoms with Crippen LogP contribution in [-0.4, -0.2) is 38.7 Å². The van der Waals surface area contributed by atoms with Crippen molar-refractivity contribution in [3.63, 3.8) is 0 Å². The second-order valence-electron chi connectivity index (χ2n) is 5.38. The predicted octanol–water partition coefficient (Wildman–Crippen LogP) is 1.24. The molecule has 1 heterocycles. The fourth-order valence-corrected chi connectivity index (χ4v) is 3.21. The Kier molecular flexibility index (Phi) is 6.91. The normalized spacial score (nSPS) is 11.3. The Morgan fingerprint density at radius 2 is 2.00 bits per heavy atom. The number of benzene rings is 1. The van der Waals surface area contributed by atoms with Gasteiger partial charge in [-0.3, -0.25) is 4.79 Å². The highest BCUT2D eigenvalue weighted by molar-refractivity contribution is 7.89. The van der Waals surface area contributed by atoms with E-state index in [1.54, 1.807) is 5.38 Å². The van der Waals surface area contributed by atoms with E-state index in [1.807, 2.05) is 31.2 Å². The molecule has 7 nitrogen and oxygen atoms in total. The lowest BCUT2D eigenvalue weighted by Gasteiger charge is -2.05. The smallest absolute Gasteiger partial charge is 0.226 e. The molecule has 2 N–H and O–H groups in total. The summed E-state index contributed by atoms with van der Waals surface area (Å²) >= 11 is 1.42. The summed E-state index contributed by atoms with van der Waals surface area (Å²) in [6, 6.07) is 7.75. The fraction of sp³-hybridized carbons (Fsp3) is 0.375. The van der Waals surface area contributed by atoms with Crippen LogP contribution in [0.2, 0.25) is 0 Å². The van der Waals surface area contributed by atoms with Crippen LogP contribution in [0.3, 0.4) is 0 Å². The average molecular weight is 383 g/mol. The molecule has 0 aliphatic rings. The van der Waals surface area contributed by atoms with Gasteiger partial charge in [-0.2, -0.15) is 0 Å². The summed E-state index contributed by atoms with van der Waals surface area (Å²) < 4.78 is 30.4. The number of nitrogens with one attached hydrogen (secondary N) is 2. The minimum absolute atomic E-state index is 0.0650. The van der Waals surface area contributed by atoms with E-state index >= 15 is 0 Å². The lowest BCUT2D eigenvalue weighted by atomic mass is 10.2. The Morgan fingerprint density at radius 1 is 1.28 bits per heavy atom.